The van der Waals surface area contributed by atoms with Gasteiger partial charge in [-0.25, -0.2) is 18.4 Å². The fourth-order valence-corrected chi connectivity index (χ4v) is 3.94. The Balaban J connectivity index is 1.88. The highest BCUT2D eigenvalue weighted by Crippen LogP contribution is 2.30. The van der Waals surface area contributed by atoms with Crippen LogP contribution in [0.1, 0.15) is 39.0 Å². The second kappa shape index (κ2) is 6.43. The normalized spacial score (nSPS) is 22.2. The van der Waals surface area contributed by atoms with E-state index < -0.39 is 9.84 Å². The molecular formula is C17H23N3O2S. The number of nitrogens with zero attached hydrogens (tertiary/aromatic N) is 2. The van der Waals surface area contributed by atoms with E-state index in [1.54, 1.807) is 18.2 Å². The van der Waals surface area contributed by atoms with Crippen molar-refractivity contribution in [3.8, 4) is 0 Å². The fraction of sp³-hybridized carbons (Fsp3) is 0.529. The van der Waals surface area contributed by atoms with Gasteiger partial charge < -0.3 is 5.32 Å². The average molecular weight is 333 g/mol. The first-order valence-corrected chi connectivity index (χ1v) is 10.1. The molecule has 5 nitrogen and oxygen atoms in total. The molecule has 23 heavy (non-hydrogen) atoms. The first kappa shape index (κ1) is 16.2. The van der Waals surface area contributed by atoms with Gasteiger partial charge in [-0.1, -0.05) is 13.3 Å². The lowest BCUT2D eigenvalue weighted by atomic mass is 9.84. The Hall–Kier alpha value is -1.69. The molecule has 0 atom stereocenters. The van der Waals surface area contributed by atoms with E-state index in [-0.39, 0.29) is 0 Å². The van der Waals surface area contributed by atoms with Crippen molar-refractivity contribution in [2.45, 2.75) is 50.0 Å². The van der Waals surface area contributed by atoms with Crippen LogP contribution in [0.5, 0.6) is 0 Å². The Morgan fingerprint density at radius 3 is 2.57 bits per heavy atom. The second-order valence-corrected chi connectivity index (χ2v) is 8.46. The first-order valence-electron chi connectivity index (χ1n) is 8.18. The lowest BCUT2D eigenvalue weighted by molar-refractivity contribution is 0.330. The summed E-state index contributed by atoms with van der Waals surface area (Å²) in [7, 11) is -3.24. The lowest BCUT2D eigenvalue weighted by Gasteiger charge is -2.29. The zero-order chi connectivity index (χ0) is 16.4. The monoisotopic (exact) mass is 333 g/mol. The van der Waals surface area contributed by atoms with Crippen molar-refractivity contribution in [2.24, 2.45) is 5.92 Å². The van der Waals surface area contributed by atoms with Crippen LogP contribution in [-0.2, 0) is 9.84 Å². The van der Waals surface area contributed by atoms with Crippen molar-refractivity contribution >= 4 is 26.6 Å². The SMILES string of the molecule is CCC1CCC(Nc2ncnc3ccc(S(C)(=O)=O)cc23)CC1. The molecule has 0 aliphatic heterocycles. The summed E-state index contributed by atoms with van der Waals surface area (Å²) >= 11 is 0. The number of nitrogens with one attached hydrogen (secondary N) is 1. The molecule has 0 saturated heterocycles. The van der Waals surface area contributed by atoms with E-state index in [9.17, 15) is 8.42 Å². The maximum Gasteiger partial charge on any atom is 0.175 e. The Morgan fingerprint density at radius 1 is 1.17 bits per heavy atom. The van der Waals surface area contributed by atoms with Crippen molar-refractivity contribution in [3.63, 3.8) is 0 Å². The number of fused-ring (bicyclic) bond motifs is 1. The number of hydrogen-bond acceptors (Lipinski definition) is 5. The van der Waals surface area contributed by atoms with Gasteiger partial charge in [0.15, 0.2) is 9.84 Å². The number of aromatic nitrogens is 2. The predicted octanol–water partition coefficient (Wildman–Crippen LogP) is 3.41. The molecule has 3 rings (SSSR count). The molecule has 0 spiro atoms. The Morgan fingerprint density at radius 2 is 1.91 bits per heavy atom. The number of anilines is 1. The minimum atomic E-state index is -3.24. The molecule has 0 radical (unpaired) electrons. The average Bonchev–Trinajstić information content (AvgIpc) is 2.54. The molecule has 6 heteroatoms. The third-order valence-corrected chi connectivity index (χ3v) is 5.91. The maximum atomic E-state index is 11.8. The van der Waals surface area contributed by atoms with Gasteiger partial charge in [-0.2, -0.15) is 0 Å². The molecular weight excluding hydrogens is 310 g/mol. The third kappa shape index (κ3) is 3.63. The minimum absolute atomic E-state index is 0.303. The van der Waals surface area contributed by atoms with Gasteiger partial charge in [-0.05, 0) is 49.8 Å². The molecule has 1 aromatic carbocycles. The van der Waals surface area contributed by atoms with Crippen LogP contribution in [0.4, 0.5) is 5.82 Å². The van der Waals surface area contributed by atoms with Crippen molar-refractivity contribution in [3.05, 3.63) is 24.5 Å². The first-order chi connectivity index (χ1) is 11.0. The number of rotatable bonds is 4. The van der Waals surface area contributed by atoms with Crippen LogP contribution in [0.25, 0.3) is 10.9 Å². The number of sulfone groups is 1. The molecule has 1 heterocycles. The van der Waals surface area contributed by atoms with E-state index in [4.69, 9.17) is 0 Å². The molecule has 0 amide bonds. The standard InChI is InChI=1S/C17H23N3O2S/c1-3-12-4-6-13(7-5-12)20-17-15-10-14(23(2,21)22)8-9-16(15)18-11-19-17/h8-13H,3-7H2,1-2H3,(H,18,19,20). The molecule has 1 aliphatic rings. The lowest BCUT2D eigenvalue weighted by Crippen LogP contribution is -2.26. The van der Waals surface area contributed by atoms with E-state index >= 15 is 0 Å². The Bertz CT molecular complexity index is 797. The smallest absolute Gasteiger partial charge is 0.175 e. The van der Waals surface area contributed by atoms with Gasteiger partial charge in [0.1, 0.15) is 12.1 Å². The van der Waals surface area contributed by atoms with Gasteiger partial charge in [0.05, 0.1) is 10.4 Å². The van der Waals surface area contributed by atoms with Crippen LogP contribution in [0, 0.1) is 5.92 Å². The highest BCUT2D eigenvalue weighted by molar-refractivity contribution is 7.90. The van der Waals surface area contributed by atoms with Crippen LogP contribution >= 0.6 is 0 Å². The largest absolute Gasteiger partial charge is 0.367 e. The molecule has 1 N–H and O–H groups in total. The topological polar surface area (TPSA) is 72.0 Å². The van der Waals surface area contributed by atoms with Crippen molar-refractivity contribution in [1.29, 1.82) is 0 Å². The zero-order valence-electron chi connectivity index (χ0n) is 13.6. The highest BCUT2D eigenvalue weighted by Gasteiger charge is 2.21. The quantitative estimate of drug-likeness (QED) is 0.928. The summed E-state index contributed by atoms with van der Waals surface area (Å²) in [5.41, 5.74) is 0.761. The molecule has 1 aromatic heterocycles. The molecule has 2 aromatic rings. The van der Waals surface area contributed by atoms with Gasteiger partial charge in [-0.15, -0.1) is 0 Å². The van der Waals surface area contributed by atoms with Crippen LogP contribution in [0.3, 0.4) is 0 Å². The molecule has 0 bridgehead atoms. The van der Waals surface area contributed by atoms with Crippen LogP contribution in [-0.4, -0.2) is 30.7 Å². The van der Waals surface area contributed by atoms with E-state index in [1.807, 2.05) is 0 Å². The van der Waals surface area contributed by atoms with E-state index in [2.05, 4.69) is 22.2 Å². The van der Waals surface area contributed by atoms with Crippen LogP contribution in [0.15, 0.2) is 29.4 Å². The van der Waals surface area contributed by atoms with Crippen LogP contribution in [0.2, 0.25) is 0 Å². The third-order valence-electron chi connectivity index (χ3n) is 4.80. The summed E-state index contributed by atoms with van der Waals surface area (Å²) < 4.78 is 23.6. The van der Waals surface area contributed by atoms with E-state index in [0.717, 1.165) is 35.5 Å². The maximum absolute atomic E-state index is 11.8. The van der Waals surface area contributed by atoms with Crippen molar-refractivity contribution in [1.82, 2.24) is 9.97 Å². The fourth-order valence-electron chi connectivity index (χ4n) is 3.29. The van der Waals surface area contributed by atoms with Crippen molar-refractivity contribution < 1.29 is 8.42 Å². The Labute approximate surface area is 137 Å². The summed E-state index contributed by atoms with van der Waals surface area (Å²) in [5.74, 6) is 1.58. The molecule has 124 valence electrons. The number of benzene rings is 1. The molecule has 1 saturated carbocycles. The number of hydrogen-bond donors (Lipinski definition) is 1. The van der Waals surface area contributed by atoms with Gasteiger partial charge >= 0.3 is 0 Å². The van der Waals surface area contributed by atoms with Gasteiger partial charge in [0.2, 0.25) is 0 Å². The van der Waals surface area contributed by atoms with Crippen molar-refractivity contribution in [2.75, 3.05) is 11.6 Å². The van der Waals surface area contributed by atoms with E-state index in [0.29, 0.717) is 10.9 Å². The van der Waals surface area contributed by atoms with Gasteiger partial charge in [0, 0.05) is 17.7 Å². The van der Waals surface area contributed by atoms with Crippen LogP contribution < -0.4 is 5.32 Å². The van der Waals surface area contributed by atoms with Gasteiger partial charge in [-0.3, -0.25) is 0 Å². The zero-order valence-corrected chi connectivity index (χ0v) is 14.4. The summed E-state index contributed by atoms with van der Waals surface area (Å²) in [4.78, 5) is 8.89. The van der Waals surface area contributed by atoms with Gasteiger partial charge in [0.25, 0.3) is 0 Å². The summed E-state index contributed by atoms with van der Waals surface area (Å²) in [6.07, 6.45) is 8.75. The molecule has 1 aliphatic carbocycles. The van der Waals surface area contributed by atoms with E-state index in [1.165, 1.54) is 31.8 Å². The Kier molecular flexibility index (Phi) is 4.53. The molecule has 1 fully saturated rings. The summed E-state index contributed by atoms with van der Waals surface area (Å²) in [5, 5.41) is 4.27. The molecule has 0 unspecified atom stereocenters. The summed E-state index contributed by atoms with van der Waals surface area (Å²) in [6.45, 7) is 2.25. The second-order valence-electron chi connectivity index (χ2n) is 6.44. The summed E-state index contributed by atoms with van der Waals surface area (Å²) in [6, 6.07) is 5.41. The predicted molar refractivity (Wildman–Crippen MR) is 92.3 cm³/mol. The minimum Gasteiger partial charge on any atom is -0.367 e. The highest BCUT2D eigenvalue weighted by atomic mass is 32.2.